The number of carbonyl (C=O) groups is 1. The number of rotatable bonds is 5. The van der Waals surface area contributed by atoms with Gasteiger partial charge < -0.3 is 4.42 Å². The SMILES string of the molecule is CC(C)[C@@H](NS(=O)(=O)c1ccc2c3c(oc2c1)CCCC3)C(=O)NO. The van der Waals surface area contributed by atoms with Crippen molar-refractivity contribution < 1.29 is 22.8 Å². The minimum absolute atomic E-state index is 0.0301. The first-order valence-corrected chi connectivity index (χ1v) is 9.82. The first kappa shape index (κ1) is 17.9. The van der Waals surface area contributed by atoms with Gasteiger partial charge in [0.1, 0.15) is 17.4 Å². The molecule has 1 amide bonds. The van der Waals surface area contributed by atoms with Crippen LogP contribution in [0.15, 0.2) is 27.5 Å². The molecule has 0 spiro atoms. The first-order chi connectivity index (χ1) is 11.8. The van der Waals surface area contributed by atoms with E-state index in [1.807, 2.05) is 0 Å². The van der Waals surface area contributed by atoms with Crippen LogP contribution in [0.5, 0.6) is 0 Å². The number of hydroxylamine groups is 1. The maximum Gasteiger partial charge on any atom is 0.261 e. The number of sulfonamides is 1. The van der Waals surface area contributed by atoms with Gasteiger partial charge in [-0.05, 0) is 37.3 Å². The van der Waals surface area contributed by atoms with E-state index in [9.17, 15) is 13.2 Å². The summed E-state index contributed by atoms with van der Waals surface area (Å²) in [5.41, 5.74) is 3.21. The molecular formula is C17H22N2O5S. The van der Waals surface area contributed by atoms with E-state index in [-0.39, 0.29) is 10.8 Å². The summed E-state index contributed by atoms with van der Waals surface area (Å²) in [6.45, 7) is 3.37. The van der Waals surface area contributed by atoms with E-state index in [1.54, 1.807) is 19.9 Å². The molecule has 0 bridgehead atoms. The van der Waals surface area contributed by atoms with Gasteiger partial charge in [0.05, 0.1) is 4.90 Å². The monoisotopic (exact) mass is 366 g/mol. The van der Waals surface area contributed by atoms with Crippen molar-refractivity contribution in [1.29, 1.82) is 0 Å². The van der Waals surface area contributed by atoms with Crippen molar-refractivity contribution in [3.05, 3.63) is 29.5 Å². The van der Waals surface area contributed by atoms with Crippen LogP contribution in [0.2, 0.25) is 0 Å². The molecular weight excluding hydrogens is 344 g/mol. The van der Waals surface area contributed by atoms with Crippen molar-refractivity contribution in [2.75, 3.05) is 0 Å². The normalized spacial score (nSPS) is 16.0. The summed E-state index contributed by atoms with van der Waals surface area (Å²) >= 11 is 0. The smallest absolute Gasteiger partial charge is 0.261 e. The Morgan fingerprint density at radius 2 is 1.96 bits per heavy atom. The Morgan fingerprint density at radius 3 is 2.64 bits per heavy atom. The first-order valence-electron chi connectivity index (χ1n) is 8.34. The summed E-state index contributed by atoms with van der Waals surface area (Å²) in [6.07, 6.45) is 4.00. The number of aryl methyl sites for hydroxylation is 2. The second-order valence-electron chi connectivity index (χ2n) is 6.69. The van der Waals surface area contributed by atoms with E-state index in [0.29, 0.717) is 5.58 Å². The molecule has 1 aliphatic carbocycles. The molecule has 1 aliphatic rings. The molecule has 0 saturated carbocycles. The summed E-state index contributed by atoms with van der Waals surface area (Å²) in [4.78, 5) is 11.7. The zero-order valence-electron chi connectivity index (χ0n) is 14.2. The molecule has 0 radical (unpaired) electrons. The lowest BCUT2D eigenvalue weighted by Crippen LogP contribution is -2.48. The maximum atomic E-state index is 12.6. The van der Waals surface area contributed by atoms with Gasteiger partial charge >= 0.3 is 0 Å². The zero-order valence-corrected chi connectivity index (χ0v) is 15.0. The van der Waals surface area contributed by atoms with Crippen molar-refractivity contribution in [3.63, 3.8) is 0 Å². The molecule has 0 saturated heterocycles. The summed E-state index contributed by atoms with van der Waals surface area (Å²) in [7, 11) is -3.93. The van der Waals surface area contributed by atoms with Gasteiger partial charge in [-0.15, -0.1) is 0 Å². The molecule has 1 aromatic carbocycles. The lowest BCUT2D eigenvalue weighted by Gasteiger charge is -2.20. The Labute approximate surface area is 146 Å². The van der Waals surface area contributed by atoms with Crippen LogP contribution < -0.4 is 10.2 Å². The van der Waals surface area contributed by atoms with Gasteiger partial charge in [0.25, 0.3) is 5.91 Å². The number of hydrogen-bond acceptors (Lipinski definition) is 5. The van der Waals surface area contributed by atoms with Crippen molar-refractivity contribution >= 4 is 26.9 Å². The highest BCUT2D eigenvalue weighted by molar-refractivity contribution is 7.89. The molecule has 3 N–H and O–H groups in total. The highest BCUT2D eigenvalue weighted by atomic mass is 32.2. The Balaban J connectivity index is 1.95. The fourth-order valence-electron chi connectivity index (χ4n) is 3.21. The maximum absolute atomic E-state index is 12.6. The van der Waals surface area contributed by atoms with Gasteiger partial charge in [-0.2, -0.15) is 4.72 Å². The largest absolute Gasteiger partial charge is 0.461 e. The molecule has 7 nitrogen and oxygen atoms in total. The molecule has 1 aromatic heterocycles. The van der Waals surface area contributed by atoms with E-state index in [2.05, 4.69) is 4.72 Å². The number of nitrogens with one attached hydrogen (secondary N) is 2. The third kappa shape index (κ3) is 3.42. The number of carbonyl (C=O) groups excluding carboxylic acids is 1. The lowest BCUT2D eigenvalue weighted by molar-refractivity contribution is -0.131. The fourth-order valence-corrected chi connectivity index (χ4v) is 4.57. The van der Waals surface area contributed by atoms with Crippen LogP contribution in [0.4, 0.5) is 0 Å². The van der Waals surface area contributed by atoms with Crippen molar-refractivity contribution in [2.45, 2.75) is 50.5 Å². The van der Waals surface area contributed by atoms with Gasteiger partial charge in [0, 0.05) is 23.4 Å². The molecule has 0 fully saturated rings. The minimum atomic E-state index is -3.93. The molecule has 3 rings (SSSR count). The second kappa shape index (κ2) is 6.78. The number of furan rings is 1. The van der Waals surface area contributed by atoms with Crippen molar-refractivity contribution in [2.24, 2.45) is 5.92 Å². The highest BCUT2D eigenvalue weighted by Gasteiger charge is 2.29. The number of benzene rings is 1. The summed E-state index contributed by atoms with van der Waals surface area (Å²) in [5, 5.41) is 9.75. The second-order valence-corrected chi connectivity index (χ2v) is 8.40. The Hall–Kier alpha value is -1.90. The van der Waals surface area contributed by atoms with Crippen LogP contribution in [0.3, 0.4) is 0 Å². The number of hydrogen-bond donors (Lipinski definition) is 3. The van der Waals surface area contributed by atoms with E-state index in [4.69, 9.17) is 9.62 Å². The minimum Gasteiger partial charge on any atom is -0.461 e. The van der Waals surface area contributed by atoms with E-state index < -0.39 is 22.0 Å². The summed E-state index contributed by atoms with van der Waals surface area (Å²) in [6, 6.07) is 3.69. The number of fused-ring (bicyclic) bond motifs is 3. The predicted octanol–water partition coefficient (Wildman–Crippen LogP) is 2.12. The van der Waals surface area contributed by atoms with Crippen LogP contribution in [0.25, 0.3) is 11.0 Å². The molecule has 2 aromatic rings. The Bertz CT molecular complexity index is 901. The van der Waals surface area contributed by atoms with Crippen LogP contribution in [0, 0.1) is 5.92 Å². The van der Waals surface area contributed by atoms with Crippen molar-refractivity contribution in [3.8, 4) is 0 Å². The summed E-state index contributed by atoms with van der Waals surface area (Å²) in [5.74, 6) is -0.196. The van der Waals surface area contributed by atoms with Crippen LogP contribution in [-0.2, 0) is 27.7 Å². The van der Waals surface area contributed by atoms with Gasteiger partial charge in [-0.3, -0.25) is 10.0 Å². The Kier molecular flexibility index (Phi) is 4.86. The van der Waals surface area contributed by atoms with Crippen LogP contribution in [0.1, 0.15) is 38.0 Å². The van der Waals surface area contributed by atoms with Gasteiger partial charge in [0.2, 0.25) is 10.0 Å². The van der Waals surface area contributed by atoms with Gasteiger partial charge in [-0.25, -0.2) is 13.9 Å². The predicted molar refractivity (Wildman–Crippen MR) is 91.7 cm³/mol. The zero-order chi connectivity index (χ0) is 18.2. The molecule has 1 heterocycles. The fraction of sp³-hybridized carbons (Fsp3) is 0.471. The third-order valence-corrected chi connectivity index (χ3v) is 6.02. The molecule has 25 heavy (non-hydrogen) atoms. The van der Waals surface area contributed by atoms with E-state index in [0.717, 1.165) is 42.4 Å². The van der Waals surface area contributed by atoms with Crippen molar-refractivity contribution in [1.82, 2.24) is 10.2 Å². The quantitative estimate of drug-likeness (QED) is 0.555. The lowest BCUT2D eigenvalue weighted by atomic mass is 9.96. The molecule has 8 heteroatoms. The number of amides is 1. The third-order valence-electron chi connectivity index (χ3n) is 4.58. The average molecular weight is 366 g/mol. The molecule has 0 unspecified atom stereocenters. The summed E-state index contributed by atoms with van der Waals surface area (Å²) < 4.78 is 33.5. The van der Waals surface area contributed by atoms with Gasteiger partial charge in [0.15, 0.2) is 0 Å². The molecule has 1 atom stereocenters. The topological polar surface area (TPSA) is 109 Å². The average Bonchev–Trinajstić information content (AvgIpc) is 2.96. The van der Waals surface area contributed by atoms with E-state index >= 15 is 0 Å². The van der Waals surface area contributed by atoms with Gasteiger partial charge in [-0.1, -0.05) is 13.8 Å². The van der Waals surface area contributed by atoms with Crippen LogP contribution >= 0.6 is 0 Å². The van der Waals surface area contributed by atoms with Crippen LogP contribution in [-0.4, -0.2) is 25.6 Å². The molecule has 136 valence electrons. The van der Waals surface area contributed by atoms with E-state index in [1.165, 1.54) is 17.6 Å². The standard InChI is InChI=1S/C17H22N2O5S/c1-10(2)16(17(20)18-21)19-25(22,23)11-7-8-13-12-5-3-4-6-14(12)24-15(13)9-11/h7-10,16,19,21H,3-6H2,1-2H3,(H,18,20)/t16-/m1/s1. The molecule has 0 aliphatic heterocycles. The highest BCUT2D eigenvalue weighted by Crippen LogP contribution is 2.33. The Morgan fingerprint density at radius 1 is 1.24 bits per heavy atom.